The van der Waals surface area contributed by atoms with E-state index < -0.39 is 10.9 Å². The van der Waals surface area contributed by atoms with Gasteiger partial charge in [-0.1, -0.05) is 0 Å². The number of benzene rings is 1. The highest BCUT2D eigenvalue weighted by molar-refractivity contribution is 5.88. The van der Waals surface area contributed by atoms with Crippen LogP contribution >= 0.6 is 0 Å². The quantitative estimate of drug-likeness (QED) is 0.548. The maximum atomic E-state index is 10.5. The smallest absolute Gasteiger partial charge is 0.335 e. The van der Waals surface area contributed by atoms with Crippen LogP contribution in [0.1, 0.15) is 15.9 Å². The van der Waals surface area contributed by atoms with Crippen molar-refractivity contribution in [2.24, 2.45) is 5.73 Å². The molecule has 6 heteroatoms. The van der Waals surface area contributed by atoms with Gasteiger partial charge in [-0.2, -0.15) is 0 Å². The molecule has 0 atom stereocenters. The molecule has 0 bridgehead atoms. The molecule has 0 amide bonds. The first kappa shape index (κ1) is 10.1. The van der Waals surface area contributed by atoms with Crippen molar-refractivity contribution in [3.05, 3.63) is 39.4 Å². The van der Waals surface area contributed by atoms with E-state index in [-0.39, 0.29) is 23.4 Å². The number of rotatable bonds is 3. The van der Waals surface area contributed by atoms with Crippen molar-refractivity contribution >= 4 is 11.7 Å². The molecule has 1 aromatic rings. The summed E-state index contributed by atoms with van der Waals surface area (Å²) in [4.78, 5) is 20.4. The van der Waals surface area contributed by atoms with Gasteiger partial charge in [0.05, 0.1) is 10.5 Å². The summed E-state index contributed by atoms with van der Waals surface area (Å²) in [6.07, 6.45) is 0. The monoisotopic (exact) mass is 196 g/mol. The second-order valence-electron chi connectivity index (χ2n) is 2.61. The zero-order chi connectivity index (χ0) is 10.7. The number of carbonyl (C=O) groups is 1. The number of carboxylic acids is 1. The van der Waals surface area contributed by atoms with Crippen LogP contribution in [0, 0.1) is 10.1 Å². The summed E-state index contributed by atoms with van der Waals surface area (Å²) in [7, 11) is 0. The summed E-state index contributed by atoms with van der Waals surface area (Å²) in [5.41, 5.74) is 5.32. The lowest BCUT2D eigenvalue weighted by molar-refractivity contribution is -0.385. The van der Waals surface area contributed by atoms with Gasteiger partial charge in [0, 0.05) is 18.2 Å². The van der Waals surface area contributed by atoms with Crippen LogP contribution < -0.4 is 5.73 Å². The maximum absolute atomic E-state index is 10.5. The molecule has 0 aliphatic rings. The Morgan fingerprint density at radius 3 is 2.64 bits per heavy atom. The number of carboxylic acid groups (broad SMARTS) is 1. The summed E-state index contributed by atoms with van der Waals surface area (Å²) in [6.45, 7) is -0.0581. The minimum atomic E-state index is -1.13. The fourth-order valence-corrected chi connectivity index (χ4v) is 1.06. The predicted molar refractivity (Wildman–Crippen MR) is 47.9 cm³/mol. The van der Waals surface area contributed by atoms with E-state index in [2.05, 4.69) is 0 Å². The fourth-order valence-electron chi connectivity index (χ4n) is 1.06. The van der Waals surface area contributed by atoms with E-state index >= 15 is 0 Å². The minimum absolute atomic E-state index is 0.00366. The van der Waals surface area contributed by atoms with E-state index in [1.54, 1.807) is 0 Å². The Morgan fingerprint density at radius 1 is 1.57 bits per heavy atom. The van der Waals surface area contributed by atoms with Gasteiger partial charge < -0.3 is 10.8 Å². The zero-order valence-electron chi connectivity index (χ0n) is 7.14. The SMILES string of the molecule is NCc1cc(C(=O)O)ccc1[N+](=O)[O-]. The Kier molecular flexibility index (Phi) is 2.78. The molecule has 0 aromatic heterocycles. The van der Waals surface area contributed by atoms with Gasteiger partial charge in [-0.15, -0.1) is 0 Å². The van der Waals surface area contributed by atoms with Gasteiger partial charge in [0.25, 0.3) is 5.69 Å². The standard InChI is InChI=1S/C8H8N2O4/c9-4-6-3-5(8(11)12)1-2-7(6)10(13)14/h1-3H,4,9H2,(H,11,12). The number of nitro groups is 1. The lowest BCUT2D eigenvalue weighted by Crippen LogP contribution is -2.05. The van der Waals surface area contributed by atoms with Crippen LogP contribution in [0.4, 0.5) is 5.69 Å². The lowest BCUT2D eigenvalue weighted by Gasteiger charge is -2.00. The minimum Gasteiger partial charge on any atom is -0.478 e. The summed E-state index contributed by atoms with van der Waals surface area (Å²) in [6, 6.07) is 3.53. The summed E-state index contributed by atoms with van der Waals surface area (Å²) in [5.74, 6) is -1.13. The molecule has 0 radical (unpaired) electrons. The molecule has 0 unspecified atom stereocenters. The summed E-state index contributed by atoms with van der Waals surface area (Å²) >= 11 is 0. The lowest BCUT2D eigenvalue weighted by atomic mass is 10.1. The van der Waals surface area contributed by atoms with E-state index in [9.17, 15) is 14.9 Å². The molecule has 0 saturated heterocycles. The third kappa shape index (κ3) is 1.86. The number of hydrogen-bond donors (Lipinski definition) is 2. The number of nitrogens with zero attached hydrogens (tertiary/aromatic N) is 1. The van der Waals surface area contributed by atoms with Gasteiger partial charge in [0.15, 0.2) is 0 Å². The first-order valence-corrected chi connectivity index (χ1v) is 3.77. The van der Waals surface area contributed by atoms with Crippen molar-refractivity contribution in [1.29, 1.82) is 0 Å². The number of aromatic carboxylic acids is 1. The molecule has 0 heterocycles. The highest BCUT2D eigenvalue weighted by Crippen LogP contribution is 2.19. The van der Waals surface area contributed by atoms with Crippen LogP contribution in [-0.4, -0.2) is 16.0 Å². The first-order chi connectivity index (χ1) is 6.56. The van der Waals surface area contributed by atoms with Gasteiger partial charge in [0.1, 0.15) is 0 Å². The van der Waals surface area contributed by atoms with E-state index in [0.717, 1.165) is 6.07 Å². The van der Waals surface area contributed by atoms with E-state index in [1.807, 2.05) is 0 Å². The molecule has 3 N–H and O–H groups in total. The second-order valence-corrected chi connectivity index (χ2v) is 2.61. The Hall–Kier alpha value is -1.95. The second kappa shape index (κ2) is 3.84. The first-order valence-electron chi connectivity index (χ1n) is 3.77. The topological polar surface area (TPSA) is 106 Å². The van der Waals surface area contributed by atoms with E-state index in [1.165, 1.54) is 12.1 Å². The molecule has 0 saturated carbocycles. The normalized spacial score (nSPS) is 9.79. The summed E-state index contributed by atoms with van der Waals surface area (Å²) < 4.78 is 0. The average Bonchev–Trinajstić information content (AvgIpc) is 2.16. The molecule has 6 nitrogen and oxygen atoms in total. The molecule has 0 spiro atoms. The van der Waals surface area contributed by atoms with Gasteiger partial charge >= 0.3 is 5.97 Å². The molecule has 14 heavy (non-hydrogen) atoms. The van der Waals surface area contributed by atoms with Crippen LogP contribution in [0.2, 0.25) is 0 Å². The predicted octanol–water partition coefficient (Wildman–Crippen LogP) is 0.752. The summed E-state index contributed by atoms with van der Waals surface area (Å²) in [5, 5.41) is 19.1. The van der Waals surface area contributed by atoms with Crippen molar-refractivity contribution in [3.8, 4) is 0 Å². The van der Waals surface area contributed by atoms with E-state index in [0.29, 0.717) is 0 Å². The molecular weight excluding hydrogens is 188 g/mol. The largest absolute Gasteiger partial charge is 0.478 e. The van der Waals surface area contributed by atoms with Crippen molar-refractivity contribution in [2.75, 3.05) is 0 Å². The molecule has 0 aliphatic carbocycles. The van der Waals surface area contributed by atoms with Crippen LogP contribution in [0.25, 0.3) is 0 Å². The molecule has 1 rings (SSSR count). The number of nitro benzene ring substituents is 1. The third-order valence-corrected chi connectivity index (χ3v) is 1.74. The Balaban J connectivity index is 3.25. The van der Waals surface area contributed by atoms with Crippen LogP contribution in [0.5, 0.6) is 0 Å². The van der Waals surface area contributed by atoms with Crippen LogP contribution in [0.3, 0.4) is 0 Å². The van der Waals surface area contributed by atoms with Crippen LogP contribution in [-0.2, 0) is 6.54 Å². The third-order valence-electron chi connectivity index (χ3n) is 1.74. The number of nitrogens with two attached hydrogens (primary N) is 1. The highest BCUT2D eigenvalue weighted by atomic mass is 16.6. The van der Waals surface area contributed by atoms with Crippen LogP contribution in [0.15, 0.2) is 18.2 Å². The van der Waals surface area contributed by atoms with Crippen molar-refractivity contribution in [2.45, 2.75) is 6.54 Å². The van der Waals surface area contributed by atoms with Crippen molar-refractivity contribution in [3.63, 3.8) is 0 Å². The molecule has 74 valence electrons. The number of hydrogen-bond acceptors (Lipinski definition) is 4. The Bertz CT molecular complexity index is 389. The van der Waals surface area contributed by atoms with Gasteiger partial charge in [-0.05, 0) is 12.1 Å². The zero-order valence-corrected chi connectivity index (χ0v) is 7.14. The van der Waals surface area contributed by atoms with Gasteiger partial charge in [-0.3, -0.25) is 10.1 Å². The Labute approximate surface area is 79.1 Å². The molecule has 1 aromatic carbocycles. The average molecular weight is 196 g/mol. The van der Waals surface area contributed by atoms with Gasteiger partial charge in [-0.25, -0.2) is 4.79 Å². The molecule has 0 fully saturated rings. The fraction of sp³-hybridized carbons (Fsp3) is 0.125. The molecular formula is C8H8N2O4. The van der Waals surface area contributed by atoms with E-state index in [4.69, 9.17) is 10.8 Å². The van der Waals surface area contributed by atoms with Gasteiger partial charge in [0.2, 0.25) is 0 Å². The maximum Gasteiger partial charge on any atom is 0.335 e. The Morgan fingerprint density at radius 2 is 2.21 bits per heavy atom. The molecule has 0 aliphatic heterocycles. The van der Waals surface area contributed by atoms with Crippen molar-refractivity contribution in [1.82, 2.24) is 0 Å². The highest BCUT2D eigenvalue weighted by Gasteiger charge is 2.14. The van der Waals surface area contributed by atoms with Crippen molar-refractivity contribution < 1.29 is 14.8 Å².